The van der Waals surface area contributed by atoms with Crippen molar-refractivity contribution >= 4 is 11.9 Å². The number of rotatable bonds is 6. The fourth-order valence-electron chi connectivity index (χ4n) is 12.7. The highest BCUT2D eigenvalue weighted by molar-refractivity contribution is 5.70. The van der Waals surface area contributed by atoms with Gasteiger partial charge in [-0.2, -0.15) is 0 Å². The van der Waals surface area contributed by atoms with E-state index >= 15 is 0 Å². The van der Waals surface area contributed by atoms with Crippen LogP contribution in [0.1, 0.15) is 126 Å². The van der Waals surface area contributed by atoms with Crippen molar-refractivity contribution in [2.24, 2.45) is 56.7 Å². The predicted octanol–water partition coefficient (Wildman–Crippen LogP) is 7.89. The van der Waals surface area contributed by atoms with E-state index in [0.29, 0.717) is 36.2 Å². The van der Waals surface area contributed by atoms with Gasteiger partial charge in [-0.3, -0.25) is 9.59 Å². The van der Waals surface area contributed by atoms with Gasteiger partial charge in [0.15, 0.2) is 0 Å². The number of carbonyl (C=O) groups is 2. The Hall–Kier alpha value is -1.36. The van der Waals surface area contributed by atoms with E-state index in [1.807, 2.05) is 6.92 Å². The SMILES string of the molecule is C=C(C)[C@@H]1CC[C@]2([C@H](O)CC(=O)OCC)CC[C@]3(C)[C@H](CC[C@@H]4[C@@]5(C)CC[C@H](OC(C)=O)C(C)(C)[C@@H]5CC[C@]43C)[C@@H]12. The summed E-state index contributed by atoms with van der Waals surface area (Å²) in [5.74, 6) is 2.03. The number of hydrogen-bond donors (Lipinski definition) is 1. The van der Waals surface area contributed by atoms with Crippen LogP contribution in [0.4, 0.5) is 0 Å². The Kier molecular flexibility index (Phi) is 7.86. The number of hydrogen-bond acceptors (Lipinski definition) is 5. The molecular formula is C36H58O5. The summed E-state index contributed by atoms with van der Waals surface area (Å²) in [5.41, 5.74) is 1.60. The second-order valence-corrected chi connectivity index (χ2v) is 16.4. The number of fused-ring (bicyclic) bond motifs is 7. The summed E-state index contributed by atoms with van der Waals surface area (Å²) in [6, 6.07) is 0. The van der Waals surface area contributed by atoms with E-state index in [1.54, 1.807) is 6.92 Å². The van der Waals surface area contributed by atoms with E-state index in [2.05, 4.69) is 48.1 Å². The molecule has 0 spiro atoms. The summed E-state index contributed by atoms with van der Waals surface area (Å²) in [6.45, 7) is 22.9. The third kappa shape index (κ3) is 4.40. The lowest BCUT2D eigenvalue weighted by Crippen LogP contribution is -2.67. The maximum absolute atomic E-state index is 12.6. The number of carbonyl (C=O) groups excluding carboxylic acids is 2. The van der Waals surface area contributed by atoms with Gasteiger partial charge in [-0.25, -0.2) is 0 Å². The van der Waals surface area contributed by atoms with Crippen molar-refractivity contribution in [1.29, 1.82) is 0 Å². The lowest BCUT2D eigenvalue weighted by molar-refractivity contribution is -0.255. The fourth-order valence-corrected chi connectivity index (χ4v) is 12.7. The van der Waals surface area contributed by atoms with Crippen LogP contribution in [-0.2, 0) is 19.1 Å². The number of esters is 2. The highest BCUT2D eigenvalue weighted by Gasteiger charge is 2.71. The van der Waals surface area contributed by atoms with Crippen LogP contribution in [0.2, 0.25) is 0 Å². The van der Waals surface area contributed by atoms with Crippen LogP contribution in [0.25, 0.3) is 0 Å². The minimum Gasteiger partial charge on any atom is -0.466 e. The maximum Gasteiger partial charge on any atom is 0.308 e. The van der Waals surface area contributed by atoms with E-state index in [4.69, 9.17) is 9.47 Å². The van der Waals surface area contributed by atoms with Gasteiger partial charge in [0.1, 0.15) is 6.10 Å². The van der Waals surface area contributed by atoms with Crippen molar-refractivity contribution in [3.05, 3.63) is 12.2 Å². The first-order chi connectivity index (χ1) is 19.1. The summed E-state index contributed by atoms with van der Waals surface area (Å²) >= 11 is 0. The van der Waals surface area contributed by atoms with Crippen molar-refractivity contribution in [2.45, 2.75) is 138 Å². The molecular weight excluding hydrogens is 512 g/mol. The first-order valence-electron chi connectivity index (χ1n) is 16.7. The molecule has 0 aromatic rings. The first-order valence-corrected chi connectivity index (χ1v) is 16.7. The zero-order chi connectivity index (χ0) is 30.2. The standard InChI is InChI=1S/C36H58O5/c1-10-40-30(39)21-28(38)36-18-13-24(22(2)3)31(36)25-11-12-27-33(7)16-15-29(41-23(4)37)32(5,6)26(33)14-17-35(27,9)34(25,8)19-20-36/h24-29,31,38H,2,10-21H2,1,3-9H3/t24-,25+,26-,27+,28+,29-,31+,33-,34+,35+,36+/m0/s1. The minimum absolute atomic E-state index is 0.000327. The van der Waals surface area contributed by atoms with Crippen LogP contribution in [0, 0.1) is 56.7 Å². The quantitative estimate of drug-likeness (QED) is 0.260. The topological polar surface area (TPSA) is 72.8 Å². The molecule has 5 fully saturated rings. The molecule has 1 N–H and O–H groups in total. The van der Waals surface area contributed by atoms with Crippen molar-refractivity contribution in [3.63, 3.8) is 0 Å². The van der Waals surface area contributed by atoms with Crippen LogP contribution in [0.15, 0.2) is 12.2 Å². The van der Waals surface area contributed by atoms with Gasteiger partial charge in [-0.1, -0.05) is 46.8 Å². The third-order valence-electron chi connectivity index (χ3n) is 14.7. The fraction of sp³-hybridized carbons (Fsp3) is 0.889. The molecule has 41 heavy (non-hydrogen) atoms. The van der Waals surface area contributed by atoms with Crippen molar-refractivity contribution in [3.8, 4) is 0 Å². The van der Waals surface area contributed by atoms with Gasteiger partial charge in [-0.15, -0.1) is 0 Å². The van der Waals surface area contributed by atoms with Crippen LogP contribution in [0.3, 0.4) is 0 Å². The number of allylic oxidation sites excluding steroid dienone is 1. The molecule has 0 aromatic carbocycles. The molecule has 0 radical (unpaired) electrons. The summed E-state index contributed by atoms with van der Waals surface area (Å²) in [7, 11) is 0. The highest BCUT2D eigenvalue weighted by Crippen LogP contribution is 2.78. The molecule has 5 aliphatic rings. The number of aliphatic hydroxyl groups is 1. The van der Waals surface area contributed by atoms with Gasteiger partial charge < -0.3 is 14.6 Å². The Bertz CT molecular complexity index is 1060. The van der Waals surface area contributed by atoms with Gasteiger partial charge in [0.05, 0.1) is 19.1 Å². The third-order valence-corrected chi connectivity index (χ3v) is 14.7. The lowest BCUT2D eigenvalue weighted by Gasteiger charge is -2.73. The van der Waals surface area contributed by atoms with E-state index < -0.39 is 6.10 Å². The summed E-state index contributed by atoms with van der Waals surface area (Å²) < 4.78 is 11.2. The molecule has 0 aromatic heterocycles. The molecule has 232 valence electrons. The zero-order valence-corrected chi connectivity index (χ0v) is 27.3. The Morgan fingerprint density at radius 3 is 2.22 bits per heavy atom. The Morgan fingerprint density at radius 1 is 0.878 bits per heavy atom. The molecule has 5 heteroatoms. The molecule has 5 nitrogen and oxygen atoms in total. The van der Waals surface area contributed by atoms with E-state index in [0.717, 1.165) is 38.5 Å². The van der Waals surface area contributed by atoms with E-state index in [9.17, 15) is 14.7 Å². The van der Waals surface area contributed by atoms with Crippen molar-refractivity contribution in [1.82, 2.24) is 0 Å². The summed E-state index contributed by atoms with van der Waals surface area (Å²) in [4.78, 5) is 24.5. The normalized spacial score (nSPS) is 47.1. The Morgan fingerprint density at radius 2 is 1.59 bits per heavy atom. The monoisotopic (exact) mass is 570 g/mol. The largest absolute Gasteiger partial charge is 0.466 e. The van der Waals surface area contributed by atoms with Crippen LogP contribution >= 0.6 is 0 Å². The van der Waals surface area contributed by atoms with Crippen LogP contribution < -0.4 is 0 Å². The number of ether oxygens (including phenoxy) is 2. The molecule has 5 saturated carbocycles. The Labute approximate surface area is 249 Å². The Balaban J connectivity index is 1.49. The molecule has 5 aliphatic carbocycles. The van der Waals surface area contributed by atoms with Crippen LogP contribution in [0.5, 0.6) is 0 Å². The molecule has 0 heterocycles. The second kappa shape index (κ2) is 10.4. The molecule has 0 unspecified atom stereocenters. The zero-order valence-electron chi connectivity index (χ0n) is 27.3. The molecule has 0 aliphatic heterocycles. The summed E-state index contributed by atoms with van der Waals surface area (Å²) in [5, 5.41) is 11.8. The molecule has 0 bridgehead atoms. The highest BCUT2D eigenvalue weighted by atomic mass is 16.5. The average molecular weight is 571 g/mol. The average Bonchev–Trinajstić information content (AvgIpc) is 3.27. The minimum atomic E-state index is -0.656. The van der Waals surface area contributed by atoms with Gasteiger partial charge in [0, 0.05) is 17.8 Å². The summed E-state index contributed by atoms with van der Waals surface area (Å²) in [6.07, 6.45) is 10.5. The predicted molar refractivity (Wildman–Crippen MR) is 162 cm³/mol. The first kappa shape index (κ1) is 31.1. The van der Waals surface area contributed by atoms with Crippen molar-refractivity contribution < 1.29 is 24.2 Å². The van der Waals surface area contributed by atoms with E-state index in [-0.39, 0.29) is 51.5 Å². The van der Waals surface area contributed by atoms with Gasteiger partial charge in [-0.05, 0) is 124 Å². The van der Waals surface area contributed by atoms with E-state index in [1.165, 1.54) is 31.3 Å². The smallest absolute Gasteiger partial charge is 0.308 e. The number of aliphatic hydroxyl groups excluding tert-OH is 1. The molecule has 0 amide bonds. The van der Waals surface area contributed by atoms with Crippen molar-refractivity contribution in [2.75, 3.05) is 6.61 Å². The molecule has 5 rings (SSSR count). The second-order valence-electron chi connectivity index (χ2n) is 16.4. The van der Waals surface area contributed by atoms with Gasteiger partial charge >= 0.3 is 11.9 Å². The lowest BCUT2D eigenvalue weighted by atomic mass is 9.32. The molecule has 11 atom stereocenters. The van der Waals surface area contributed by atoms with Gasteiger partial charge in [0.2, 0.25) is 0 Å². The molecule has 0 saturated heterocycles. The maximum atomic E-state index is 12.6. The van der Waals surface area contributed by atoms with Crippen LogP contribution in [-0.4, -0.2) is 35.9 Å². The van der Waals surface area contributed by atoms with Gasteiger partial charge in [0.25, 0.3) is 0 Å².